The third-order valence-electron chi connectivity index (χ3n) is 6.23. The second-order valence-electron chi connectivity index (χ2n) is 8.73. The Labute approximate surface area is 202 Å². The number of hydrogen-bond donors (Lipinski definition) is 0. The normalized spacial score (nSPS) is 14.2. The van der Waals surface area contributed by atoms with Gasteiger partial charge >= 0.3 is 0 Å². The molecule has 0 spiro atoms. The molecule has 0 bridgehead atoms. The standard InChI is InChI=1S/C28H35NO5/c1-4-5-13-32-28-20(2)27(29-26-10-9-22(30-3)17-25(26)28)19-34-24-8-6-7-23(16-24)33-18-21-11-14-31-15-12-21/h6-10,16-17,21H,4-5,11-15,18-19H2,1-3H3. The van der Waals surface area contributed by atoms with Crippen molar-refractivity contribution < 1.29 is 23.7 Å². The van der Waals surface area contributed by atoms with Crippen LogP contribution in [0, 0.1) is 12.8 Å². The molecule has 182 valence electrons. The van der Waals surface area contributed by atoms with Gasteiger partial charge in [-0.25, -0.2) is 4.98 Å². The molecule has 0 amide bonds. The van der Waals surface area contributed by atoms with Crippen molar-refractivity contribution in [1.29, 1.82) is 0 Å². The number of unbranched alkanes of at least 4 members (excludes halogenated alkanes) is 1. The Hall–Kier alpha value is -2.99. The van der Waals surface area contributed by atoms with Crippen LogP contribution < -0.4 is 18.9 Å². The average molecular weight is 466 g/mol. The lowest BCUT2D eigenvalue weighted by molar-refractivity contribution is 0.0497. The van der Waals surface area contributed by atoms with Gasteiger partial charge in [0.15, 0.2) is 0 Å². The van der Waals surface area contributed by atoms with Gasteiger partial charge in [-0.1, -0.05) is 19.4 Å². The van der Waals surface area contributed by atoms with Gasteiger partial charge in [0.1, 0.15) is 29.6 Å². The van der Waals surface area contributed by atoms with Crippen LogP contribution in [0.15, 0.2) is 42.5 Å². The Morgan fingerprint density at radius 1 is 0.971 bits per heavy atom. The maximum atomic E-state index is 6.21. The Balaban J connectivity index is 1.48. The molecule has 1 aliphatic heterocycles. The molecule has 0 radical (unpaired) electrons. The molecule has 0 saturated carbocycles. The van der Waals surface area contributed by atoms with E-state index in [1.54, 1.807) is 7.11 Å². The van der Waals surface area contributed by atoms with E-state index in [1.807, 2.05) is 49.4 Å². The SMILES string of the molecule is CCCCOc1c(C)c(COc2cccc(OCC3CCOCC3)c2)nc2ccc(OC)cc12. The fourth-order valence-electron chi connectivity index (χ4n) is 4.06. The van der Waals surface area contributed by atoms with Crippen LogP contribution in [0.5, 0.6) is 23.0 Å². The second kappa shape index (κ2) is 11.9. The zero-order valence-corrected chi connectivity index (χ0v) is 20.5. The van der Waals surface area contributed by atoms with E-state index in [1.165, 1.54) is 0 Å². The van der Waals surface area contributed by atoms with Crippen molar-refractivity contribution >= 4 is 10.9 Å². The molecular weight excluding hydrogens is 430 g/mol. The van der Waals surface area contributed by atoms with Gasteiger partial charge in [-0.05, 0) is 62.4 Å². The number of fused-ring (bicyclic) bond motifs is 1. The Kier molecular flexibility index (Phi) is 8.47. The van der Waals surface area contributed by atoms with Gasteiger partial charge in [-0.15, -0.1) is 0 Å². The summed E-state index contributed by atoms with van der Waals surface area (Å²) >= 11 is 0. The summed E-state index contributed by atoms with van der Waals surface area (Å²) in [5.41, 5.74) is 2.71. The first-order valence-electron chi connectivity index (χ1n) is 12.2. The van der Waals surface area contributed by atoms with E-state index in [0.29, 0.717) is 25.7 Å². The predicted molar refractivity (Wildman–Crippen MR) is 133 cm³/mol. The molecular formula is C28H35NO5. The highest BCUT2D eigenvalue weighted by Gasteiger charge is 2.16. The minimum Gasteiger partial charge on any atom is -0.497 e. The zero-order chi connectivity index (χ0) is 23.8. The summed E-state index contributed by atoms with van der Waals surface area (Å²) in [6.45, 7) is 7.57. The smallest absolute Gasteiger partial charge is 0.133 e. The lowest BCUT2D eigenvalue weighted by Gasteiger charge is -2.22. The molecule has 1 fully saturated rings. The molecule has 1 saturated heterocycles. The van der Waals surface area contributed by atoms with Crippen LogP contribution in [0.1, 0.15) is 43.9 Å². The molecule has 4 rings (SSSR count). The first-order valence-corrected chi connectivity index (χ1v) is 12.2. The number of aromatic nitrogens is 1. The zero-order valence-electron chi connectivity index (χ0n) is 20.5. The minimum absolute atomic E-state index is 0.349. The van der Waals surface area contributed by atoms with E-state index in [0.717, 1.165) is 84.1 Å². The number of pyridine rings is 1. The summed E-state index contributed by atoms with van der Waals surface area (Å²) in [6, 6.07) is 13.7. The molecule has 6 heteroatoms. The van der Waals surface area contributed by atoms with Crippen molar-refractivity contribution in [3.05, 3.63) is 53.7 Å². The molecule has 6 nitrogen and oxygen atoms in total. The highest BCUT2D eigenvalue weighted by Crippen LogP contribution is 2.34. The Bertz CT molecular complexity index is 1080. The van der Waals surface area contributed by atoms with Crippen molar-refractivity contribution in [1.82, 2.24) is 4.98 Å². The fraction of sp³-hybridized carbons (Fsp3) is 0.464. The molecule has 0 N–H and O–H groups in total. The number of rotatable bonds is 11. The van der Waals surface area contributed by atoms with Gasteiger partial charge in [-0.2, -0.15) is 0 Å². The first kappa shape index (κ1) is 24.1. The van der Waals surface area contributed by atoms with E-state index in [9.17, 15) is 0 Å². The topological polar surface area (TPSA) is 59.0 Å². The average Bonchev–Trinajstić information content (AvgIpc) is 2.88. The fourth-order valence-corrected chi connectivity index (χ4v) is 4.06. The third kappa shape index (κ3) is 6.11. The Morgan fingerprint density at radius 2 is 1.76 bits per heavy atom. The largest absolute Gasteiger partial charge is 0.497 e. The van der Waals surface area contributed by atoms with E-state index in [2.05, 4.69) is 6.92 Å². The molecule has 2 heterocycles. The van der Waals surface area contributed by atoms with Crippen molar-refractivity contribution in [2.24, 2.45) is 5.92 Å². The maximum absolute atomic E-state index is 6.21. The second-order valence-corrected chi connectivity index (χ2v) is 8.73. The molecule has 0 unspecified atom stereocenters. The van der Waals surface area contributed by atoms with Crippen LogP contribution in [0.25, 0.3) is 10.9 Å². The van der Waals surface area contributed by atoms with Gasteiger partial charge in [-0.3, -0.25) is 0 Å². The highest BCUT2D eigenvalue weighted by atomic mass is 16.5. The van der Waals surface area contributed by atoms with Gasteiger partial charge in [0.05, 0.1) is 31.5 Å². The van der Waals surface area contributed by atoms with Crippen molar-refractivity contribution in [3.8, 4) is 23.0 Å². The van der Waals surface area contributed by atoms with Crippen LogP contribution in [-0.4, -0.2) is 38.5 Å². The molecule has 0 aliphatic carbocycles. The van der Waals surface area contributed by atoms with Gasteiger partial charge in [0.2, 0.25) is 0 Å². The number of hydrogen-bond acceptors (Lipinski definition) is 6. The van der Waals surface area contributed by atoms with Gasteiger partial charge in [0, 0.05) is 30.2 Å². The summed E-state index contributed by atoms with van der Waals surface area (Å²) < 4.78 is 29.2. The van der Waals surface area contributed by atoms with Crippen LogP contribution in [-0.2, 0) is 11.3 Å². The summed E-state index contributed by atoms with van der Waals surface area (Å²) in [6.07, 6.45) is 4.18. The minimum atomic E-state index is 0.349. The number of ether oxygens (including phenoxy) is 5. The predicted octanol–water partition coefficient (Wildman–Crippen LogP) is 6.12. The van der Waals surface area contributed by atoms with Crippen LogP contribution in [0.4, 0.5) is 0 Å². The summed E-state index contributed by atoms with van der Waals surface area (Å²) in [4.78, 5) is 4.87. The van der Waals surface area contributed by atoms with Crippen LogP contribution in [0.2, 0.25) is 0 Å². The number of nitrogens with zero attached hydrogens (tertiary/aromatic N) is 1. The molecule has 3 aromatic rings. The number of benzene rings is 2. The number of methoxy groups -OCH3 is 1. The molecule has 0 atom stereocenters. The highest BCUT2D eigenvalue weighted by molar-refractivity contribution is 5.88. The lowest BCUT2D eigenvalue weighted by atomic mass is 10.0. The van der Waals surface area contributed by atoms with E-state index in [-0.39, 0.29) is 0 Å². The molecule has 1 aliphatic rings. The molecule has 1 aromatic heterocycles. The van der Waals surface area contributed by atoms with Crippen LogP contribution >= 0.6 is 0 Å². The van der Waals surface area contributed by atoms with Gasteiger partial charge < -0.3 is 23.7 Å². The lowest BCUT2D eigenvalue weighted by Crippen LogP contribution is -2.21. The summed E-state index contributed by atoms with van der Waals surface area (Å²) in [7, 11) is 1.67. The van der Waals surface area contributed by atoms with Crippen molar-refractivity contribution in [3.63, 3.8) is 0 Å². The molecule has 34 heavy (non-hydrogen) atoms. The van der Waals surface area contributed by atoms with E-state index >= 15 is 0 Å². The van der Waals surface area contributed by atoms with Gasteiger partial charge in [0.25, 0.3) is 0 Å². The first-order chi connectivity index (χ1) is 16.7. The van der Waals surface area contributed by atoms with Crippen molar-refractivity contribution in [2.75, 3.05) is 33.5 Å². The van der Waals surface area contributed by atoms with Crippen molar-refractivity contribution in [2.45, 2.75) is 46.1 Å². The third-order valence-corrected chi connectivity index (χ3v) is 6.23. The maximum Gasteiger partial charge on any atom is 0.133 e. The Morgan fingerprint density at radius 3 is 2.53 bits per heavy atom. The van der Waals surface area contributed by atoms with E-state index < -0.39 is 0 Å². The summed E-state index contributed by atoms with van der Waals surface area (Å²) in [5.74, 6) is 3.77. The molecule has 2 aromatic carbocycles. The monoisotopic (exact) mass is 465 g/mol. The van der Waals surface area contributed by atoms with Crippen LogP contribution in [0.3, 0.4) is 0 Å². The quantitative estimate of drug-likeness (QED) is 0.318. The van der Waals surface area contributed by atoms with E-state index in [4.69, 9.17) is 28.7 Å². The summed E-state index contributed by atoms with van der Waals surface area (Å²) in [5, 5.41) is 0.959.